The van der Waals surface area contributed by atoms with Crippen LogP contribution >= 0.6 is 56.0 Å². The minimum absolute atomic E-state index is 0.107. The lowest BCUT2D eigenvalue weighted by atomic mass is 9.95. The van der Waals surface area contributed by atoms with Gasteiger partial charge in [-0.05, 0) is 10.3 Å². The van der Waals surface area contributed by atoms with E-state index in [1.807, 2.05) is 0 Å². The van der Waals surface area contributed by atoms with E-state index in [2.05, 4.69) is 0 Å². The number of thioether (sulfide) groups is 3. The van der Waals surface area contributed by atoms with E-state index in [-0.39, 0.29) is 36.6 Å². The van der Waals surface area contributed by atoms with Crippen LogP contribution < -0.4 is 4.74 Å². The molecule has 0 saturated heterocycles. The van der Waals surface area contributed by atoms with E-state index in [0.29, 0.717) is 32.0 Å². The highest BCUT2D eigenvalue weighted by molar-refractivity contribution is 8.25. The molecule has 0 fully saturated rings. The second-order valence-corrected chi connectivity index (χ2v) is 16.0. The standard InChI is InChI=1S/C36H20O5S5/c37-26(21-13-5-1-6-14-21)25-30(27(38)22-15-7-2-8-16-22)42-33-34(45-46-35(33)41)36(25)43-31(28(39)23-17-9-3-10-18-23)32(44-36)29(40)24-19-11-4-12-20-24/h1-20H. The number of Topliss-reactive ketones (excluding diaryl/α,β-unsaturated/α-hetero) is 4. The third kappa shape index (κ3) is 5.30. The van der Waals surface area contributed by atoms with E-state index in [1.165, 1.54) is 10.3 Å². The summed E-state index contributed by atoms with van der Waals surface area (Å²) in [6, 6.07) is 34.5. The molecular formula is C36H20O5S5. The van der Waals surface area contributed by atoms with Gasteiger partial charge in [-0.25, -0.2) is 0 Å². The topological polar surface area (TPSA) is 85.3 Å². The van der Waals surface area contributed by atoms with Crippen LogP contribution in [0.2, 0.25) is 0 Å². The lowest BCUT2D eigenvalue weighted by Crippen LogP contribution is -2.31. The summed E-state index contributed by atoms with van der Waals surface area (Å²) in [6.07, 6.45) is 0. The minimum Gasteiger partial charge on any atom is -0.289 e. The van der Waals surface area contributed by atoms with Crippen molar-refractivity contribution in [3.05, 3.63) is 178 Å². The van der Waals surface area contributed by atoms with Crippen LogP contribution in [-0.2, 0) is 4.08 Å². The van der Waals surface area contributed by atoms with Crippen LogP contribution in [0.5, 0.6) is 0 Å². The van der Waals surface area contributed by atoms with Crippen molar-refractivity contribution < 1.29 is 19.2 Å². The van der Waals surface area contributed by atoms with Crippen molar-refractivity contribution in [3.8, 4) is 0 Å². The zero-order chi connectivity index (χ0) is 31.8. The molecule has 2 aliphatic rings. The summed E-state index contributed by atoms with van der Waals surface area (Å²) in [4.78, 5) is 72.2. The first kappa shape index (κ1) is 30.6. The second-order valence-electron chi connectivity index (χ2n) is 10.2. The summed E-state index contributed by atoms with van der Waals surface area (Å²) in [6.45, 7) is 0. The second kappa shape index (κ2) is 12.6. The van der Waals surface area contributed by atoms with Crippen molar-refractivity contribution >= 4 is 79.1 Å². The Labute approximate surface area is 283 Å². The highest BCUT2D eigenvalue weighted by Gasteiger charge is 2.57. The van der Waals surface area contributed by atoms with Gasteiger partial charge in [-0.2, -0.15) is 0 Å². The Bertz CT molecular complexity index is 2080. The number of benzene rings is 4. The Hall–Kier alpha value is -4.06. The third-order valence-electron chi connectivity index (χ3n) is 7.34. The molecule has 7 rings (SSSR count). The average Bonchev–Trinajstić information content (AvgIpc) is 3.70. The first-order chi connectivity index (χ1) is 22.4. The number of hydrogen-bond donors (Lipinski definition) is 0. The number of hydrogen-bond acceptors (Lipinski definition) is 10. The van der Waals surface area contributed by atoms with Gasteiger partial charge in [-0.1, -0.05) is 167 Å². The summed E-state index contributed by atoms with van der Waals surface area (Å²) in [5.74, 6) is -1.58. The Morgan fingerprint density at radius 3 is 1.24 bits per heavy atom. The number of ketones is 4. The molecule has 1 aromatic heterocycles. The minimum atomic E-state index is -1.45. The van der Waals surface area contributed by atoms with E-state index in [1.54, 1.807) is 121 Å². The van der Waals surface area contributed by atoms with Gasteiger partial charge in [0.2, 0.25) is 11.6 Å². The molecule has 0 aliphatic carbocycles. The predicted molar refractivity (Wildman–Crippen MR) is 188 cm³/mol. The van der Waals surface area contributed by atoms with E-state index < -0.39 is 15.6 Å². The molecule has 0 amide bonds. The molecule has 0 saturated carbocycles. The monoisotopic (exact) mass is 692 g/mol. The van der Waals surface area contributed by atoms with E-state index in [4.69, 9.17) is 0 Å². The number of allylic oxidation sites excluding steroid dienone is 3. The fourth-order valence-corrected chi connectivity index (χ4v) is 13.5. The van der Waals surface area contributed by atoms with Gasteiger partial charge in [0, 0.05) is 22.3 Å². The van der Waals surface area contributed by atoms with Gasteiger partial charge in [-0.15, -0.1) is 0 Å². The van der Waals surface area contributed by atoms with Gasteiger partial charge in [-0.3, -0.25) is 24.0 Å². The lowest BCUT2D eigenvalue weighted by Gasteiger charge is -2.34. The molecule has 10 heteroatoms. The summed E-state index contributed by atoms with van der Waals surface area (Å²) in [5, 5.41) is 0. The van der Waals surface area contributed by atoms with Crippen molar-refractivity contribution in [1.82, 2.24) is 0 Å². The van der Waals surface area contributed by atoms with Gasteiger partial charge in [0.1, 0.15) is 4.08 Å². The third-order valence-corrected chi connectivity index (χ3v) is 14.6. The van der Waals surface area contributed by atoms with Crippen LogP contribution in [-0.4, -0.2) is 23.1 Å². The molecule has 0 radical (unpaired) electrons. The molecule has 1 spiro atoms. The van der Waals surface area contributed by atoms with Crippen molar-refractivity contribution in [3.63, 3.8) is 0 Å². The molecule has 46 heavy (non-hydrogen) atoms. The van der Waals surface area contributed by atoms with E-state index in [9.17, 15) is 24.0 Å². The zero-order valence-corrected chi connectivity index (χ0v) is 27.7. The SMILES string of the molecule is O=C(C1=C(C(=O)c2ccccc2)SC2(S1)C(C(=O)c1ccccc1)=C(C(=O)c1ccccc1)Sc1c2ssc1=O)c1ccccc1. The molecule has 0 atom stereocenters. The van der Waals surface area contributed by atoms with Crippen LogP contribution in [0.1, 0.15) is 46.3 Å². The smallest absolute Gasteiger partial charge is 0.257 e. The Morgan fingerprint density at radius 2 is 0.826 bits per heavy atom. The molecule has 224 valence electrons. The van der Waals surface area contributed by atoms with Gasteiger partial charge in [0.15, 0.2) is 11.6 Å². The van der Waals surface area contributed by atoms with Crippen LogP contribution in [0.15, 0.2) is 151 Å². The molecule has 2 aliphatic heterocycles. The molecule has 0 N–H and O–H groups in total. The highest BCUT2D eigenvalue weighted by Crippen LogP contribution is 2.70. The maximum Gasteiger partial charge on any atom is 0.257 e. The van der Waals surface area contributed by atoms with Gasteiger partial charge < -0.3 is 0 Å². The Morgan fingerprint density at radius 1 is 0.457 bits per heavy atom. The van der Waals surface area contributed by atoms with Crippen molar-refractivity contribution in [1.29, 1.82) is 0 Å². The fraction of sp³-hybridized carbons (Fsp3) is 0.0278. The maximum absolute atomic E-state index is 14.7. The molecule has 3 heterocycles. The highest BCUT2D eigenvalue weighted by atomic mass is 32.9. The molecule has 0 bridgehead atoms. The summed E-state index contributed by atoms with van der Waals surface area (Å²) < 4.78 is -1.69. The number of carbonyl (C=O) groups is 4. The molecule has 0 unspecified atom stereocenters. The van der Waals surface area contributed by atoms with Crippen LogP contribution in [0.3, 0.4) is 0 Å². The molecule has 5 nitrogen and oxygen atoms in total. The van der Waals surface area contributed by atoms with Crippen LogP contribution in [0.4, 0.5) is 0 Å². The summed E-state index contributed by atoms with van der Waals surface area (Å²) >= 11 is 3.15. The Kier molecular flexibility index (Phi) is 8.39. The van der Waals surface area contributed by atoms with Crippen molar-refractivity contribution in [2.45, 2.75) is 8.97 Å². The average molecular weight is 693 g/mol. The molecular weight excluding hydrogens is 673 g/mol. The largest absolute Gasteiger partial charge is 0.289 e. The first-order valence-corrected chi connectivity index (χ1v) is 18.6. The van der Waals surface area contributed by atoms with Crippen molar-refractivity contribution in [2.24, 2.45) is 0 Å². The molecule has 4 aromatic carbocycles. The lowest BCUT2D eigenvalue weighted by molar-refractivity contribution is 0.100. The first-order valence-electron chi connectivity index (χ1n) is 14.0. The van der Waals surface area contributed by atoms with Gasteiger partial charge in [0.05, 0.1) is 30.1 Å². The van der Waals surface area contributed by atoms with Crippen LogP contribution in [0, 0.1) is 0 Å². The van der Waals surface area contributed by atoms with E-state index >= 15 is 0 Å². The van der Waals surface area contributed by atoms with Crippen LogP contribution in [0.25, 0.3) is 0 Å². The maximum atomic E-state index is 14.7. The normalized spacial score (nSPS) is 15.1. The number of rotatable bonds is 8. The Balaban J connectivity index is 1.50. The number of fused-ring (bicyclic) bond motifs is 2. The number of carbonyl (C=O) groups excluding carboxylic acids is 4. The van der Waals surface area contributed by atoms with Gasteiger partial charge in [0.25, 0.3) is 4.74 Å². The summed E-state index contributed by atoms with van der Waals surface area (Å²) in [7, 11) is 2.23. The fourth-order valence-electron chi connectivity index (χ4n) is 5.16. The van der Waals surface area contributed by atoms with Gasteiger partial charge >= 0.3 is 0 Å². The predicted octanol–water partition coefficient (Wildman–Crippen LogP) is 8.91. The van der Waals surface area contributed by atoms with E-state index in [0.717, 1.165) is 45.6 Å². The quantitative estimate of drug-likeness (QED) is 0.118. The summed E-state index contributed by atoms with van der Waals surface area (Å²) in [5.41, 5.74) is 1.61. The molecule has 5 aromatic rings. The van der Waals surface area contributed by atoms with Crippen molar-refractivity contribution in [2.75, 3.05) is 0 Å². The zero-order valence-electron chi connectivity index (χ0n) is 23.6.